The van der Waals surface area contributed by atoms with E-state index in [0.29, 0.717) is 15.8 Å². The lowest BCUT2D eigenvalue weighted by Crippen LogP contribution is -2.47. The molecule has 1 amide bonds. The quantitative estimate of drug-likeness (QED) is 0.505. The zero-order valence-corrected chi connectivity index (χ0v) is 17.7. The van der Waals surface area contributed by atoms with E-state index in [1.54, 1.807) is 25.1 Å². The Morgan fingerprint density at radius 1 is 1.38 bits per heavy atom. The molecule has 26 heavy (non-hydrogen) atoms. The largest absolute Gasteiger partial charge is 0.299 e. The van der Waals surface area contributed by atoms with Gasteiger partial charge in [-0.1, -0.05) is 54.6 Å². The van der Waals surface area contributed by atoms with Crippen LogP contribution in [0.2, 0.25) is 5.02 Å². The van der Waals surface area contributed by atoms with Crippen LogP contribution in [0.3, 0.4) is 0 Å². The molecule has 11 heteroatoms. The molecule has 2 rings (SSSR count). The molecular weight excluding hydrogens is 416 g/mol. The summed E-state index contributed by atoms with van der Waals surface area (Å²) < 4.78 is 26.5. The number of nitrogens with zero attached hydrogens (tertiary/aromatic N) is 3. The van der Waals surface area contributed by atoms with Crippen molar-refractivity contribution in [2.45, 2.75) is 30.6 Å². The van der Waals surface area contributed by atoms with Crippen molar-refractivity contribution < 1.29 is 13.2 Å². The van der Waals surface area contributed by atoms with Crippen LogP contribution in [-0.2, 0) is 14.8 Å². The van der Waals surface area contributed by atoms with Gasteiger partial charge in [-0.25, -0.2) is 8.42 Å². The molecule has 0 aliphatic rings. The molecule has 142 valence electrons. The van der Waals surface area contributed by atoms with E-state index in [0.717, 1.165) is 20.7 Å². The van der Waals surface area contributed by atoms with Crippen molar-refractivity contribution in [1.29, 1.82) is 0 Å². The first kappa shape index (κ1) is 20.9. The van der Waals surface area contributed by atoms with E-state index in [4.69, 9.17) is 11.6 Å². The molecule has 0 spiro atoms. The van der Waals surface area contributed by atoms with E-state index in [1.807, 2.05) is 6.92 Å². The second kappa shape index (κ2) is 9.03. The van der Waals surface area contributed by atoms with E-state index in [9.17, 15) is 13.2 Å². The summed E-state index contributed by atoms with van der Waals surface area (Å²) in [6.45, 7) is 3.73. The number of anilines is 2. The first-order valence-corrected chi connectivity index (χ1v) is 11.8. The topological polar surface area (TPSA) is 92.3 Å². The molecule has 0 aliphatic heterocycles. The van der Waals surface area contributed by atoms with Gasteiger partial charge >= 0.3 is 0 Å². The van der Waals surface area contributed by atoms with Crippen LogP contribution in [0.15, 0.2) is 28.6 Å². The highest BCUT2D eigenvalue weighted by molar-refractivity contribution is 8.01. The minimum atomic E-state index is -3.71. The van der Waals surface area contributed by atoms with E-state index >= 15 is 0 Å². The Kier molecular flexibility index (Phi) is 7.27. The third kappa shape index (κ3) is 5.32. The number of rotatable bonds is 8. The molecular formula is C15H19ClN4O3S3. The summed E-state index contributed by atoms with van der Waals surface area (Å²) in [5.74, 6) is 0.374. The standard InChI is InChI=1S/C15H19ClN4O3S3/c1-4-12(13(21)17-14-18-19-15(25-14)24-5-2)20(26(3,22)23)11-8-6-7-10(16)9-11/h6-9,12H,4-5H2,1-3H3,(H,17,18,21). The second-order valence-electron chi connectivity index (χ2n) is 5.26. The number of carbonyl (C=O) groups excluding carboxylic acids is 1. The molecule has 1 unspecified atom stereocenters. The zero-order valence-electron chi connectivity index (χ0n) is 14.5. The van der Waals surface area contributed by atoms with Gasteiger partial charge in [0, 0.05) is 5.02 Å². The molecule has 1 N–H and O–H groups in total. The number of amides is 1. The lowest BCUT2D eigenvalue weighted by Gasteiger charge is -2.29. The number of benzene rings is 1. The fourth-order valence-corrected chi connectivity index (χ4v) is 5.34. The Labute approximate surface area is 166 Å². The fraction of sp³-hybridized carbons (Fsp3) is 0.400. The molecule has 0 bridgehead atoms. The lowest BCUT2D eigenvalue weighted by atomic mass is 10.2. The average molecular weight is 435 g/mol. The predicted molar refractivity (Wildman–Crippen MR) is 108 cm³/mol. The maximum atomic E-state index is 12.7. The van der Waals surface area contributed by atoms with Crippen molar-refractivity contribution in [3.8, 4) is 0 Å². The highest BCUT2D eigenvalue weighted by atomic mass is 35.5. The first-order valence-electron chi connectivity index (χ1n) is 7.78. The van der Waals surface area contributed by atoms with Gasteiger partial charge in [0.05, 0.1) is 11.9 Å². The van der Waals surface area contributed by atoms with Gasteiger partial charge in [0.1, 0.15) is 6.04 Å². The predicted octanol–water partition coefficient (Wildman–Crippen LogP) is 3.49. The first-order chi connectivity index (χ1) is 12.3. The van der Waals surface area contributed by atoms with Gasteiger partial charge in [0.2, 0.25) is 21.1 Å². The summed E-state index contributed by atoms with van der Waals surface area (Å²) in [5, 5.41) is 11.3. The molecule has 7 nitrogen and oxygen atoms in total. The third-order valence-corrected chi connectivity index (χ3v) is 6.57. The molecule has 1 atom stereocenters. The molecule has 0 fully saturated rings. The van der Waals surface area contributed by atoms with Crippen molar-refractivity contribution in [2.75, 3.05) is 21.6 Å². The number of hydrogen-bond donors (Lipinski definition) is 1. The maximum absolute atomic E-state index is 12.7. The maximum Gasteiger partial charge on any atom is 0.250 e. The van der Waals surface area contributed by atoms with Crippen LogP contribution in [0.5, 0.6) is 0 Å². The van der Waals surface area contributed by atoms with E-state index in [-0.39, 0.29) is 6.42 Å². The second-order valence-corrected chi connectivity index (χ2v) is 10.0. The smallest absolute Gasteiger partial charge is 0.250 e. The van der Waals surface area contributed by atoms with Crippen LogP contribution in [-0.4, -0.2) is 42.6 Å². The number of carbonyl (C=O) groups is 1. The number of hydrogen-bond acceptors (Lipinski definition) is 7. The Balaban J connectivity index is 2.30. The van der Waals surface area contributed by atoms with Crippen molar-refractivity contribution in [2.24, 2.45) is 0 Å². The highest BCUT2D eigenvalue weighted by Gasteiger charge is 2.32. The Morgan fingerprint density at radius 3 is 2.69 bits per heavy atom. The zero-order chi connectivity index (χ0) is 19.3. The lowest BCUT2D eigenvalue weighted by molar-refractivity contribution is -0.117. The van der Waals surface area contributed by atoms with Crippen molar-refractivity contribution in [1.82, 2.24) is 10.2 Å². The highest BCUT2D eigenvalue weighted by Crippen LogP contribution is 2.28. The van der Waals surface area contributed by atoms with Crippen LogP contribution in [0.25, 0.3) is 0 Å². The Bertz CT molecular complexity index is 873. The minimum Gasteiger partial charge on any atom is -0.299 e. The normalized spacial score (nSPS) is 12.6. The molecule has 1 aromatic carbocycles. The molecule has 0 radical (unpaired) electrons. The van der Waals surface area contributed by atoms with Gasteiger partial charge in [-0.05, 0) is 30.4 Å². The Hall–Kier alpha value is -1.36. The number of aromatic nitrogens is 2. The number of thioether (sulfide) groups is 1. The monoisotopic (exact) mass is 434 g/mol. The molecule has 1 heterocycles. The van der Waals surface area contributed by atoms with Gasteiger partial charge in [0.15, 0.2) is 4.34 Å². The SMILES string of the molecule is CCSc1nnc(NC(=O)C(CC)N(c2cccc(Cl)c2)S(C)(=O)=O)s1. The van der Waals surface area contributed by atoms with E-state index in [2.05, 4.69) is 15.5 Å². The summed E-state index contributed by atoms with van der Waals surface area (Å²) in [5.41, 5.74) is 0.335. The minimum absolute atomic E-state index is 0.279. The summed E-state index contributed by atoms with van der Waals surface area (Å²) in [4.78, 5) is 12.7. The van der Waals surface area contributed by atoms with Crippen molar-refractivity contribution in [3.63, 3.8) is 0 Å². The van der Waals surface area contributed by atoms with Crippen LogP contribution >= 0.6 is 34.7 Å². The molecule has 2 aromatic rings. The van der Waals surface area contributed by atoms with Crippen molar-refractivity contribution in [3.05, 3.63) is 29.3 Å². The Morgan fingerprint density at radius 2 is 2.12 bits per heavy atom. The van der Waals surface area contributed by atoms with Crippen LogP contribution in [0, 0.1) is 0 Å². The average Bonchev–Trinajstić information content (AvgIpc) is 2.98. The van der Waals surface area contributed by atoms with Gasteiger partial charge in [-0.15, -0.1) is 10.2 Å². The molecule has 0 saturated heterocycles. The van der Waals surface area contributed by atoms with E-state index in [1.165, 1.54) is 29.2 Å². The van der Waals surface area contributed by atoms with Gasteiger partial charge in [-0.3, -0.25) is 14.4 Å². The summed E-state index contributed by atoms with van der Waals surface area (Å²) in [6.07, 6.45) is 1.34. The summed E-state index contributed by atoms with van der Waals surface area (Å²) in [6, 6.07) is 5.46. The van der Waals surface area contributed by atoms with E-state index < -0.39 is 22.0 Å². The van der Waals surface area contributed by atoms with Crippen LogP contribution < -0.4 is 9.62 Å². The molecule has 1 aromatic heterocycles. The van der Waals surface area contributed by atoms with Gasteiger partial charge < -0.3 is 0 Å². The van der Waals surface area contributed by atoms with Crippen LogP contribution in [0.1, 0.15) is 20.3 Å². The summed E-state index contributed by atoms with van der Waals surface area (Å²) >= 11 is 8.76. The fourth-order valence-electron chi connectivity index (χ4n) is 2.30. The van der Waals surface area contributed by atoms with Gasteiger partial charge in [0.25, 0.3) is 0 Å². The molecule has 0 saturated carbocycles. The van der Waals surface area contributed by atoms with Gasteiger partial charge in [-0.2, -0.15) is 0 Å². The number of halogens is 1. The number of nitrogens with one attached hydrogen (secondary N) is 1. The summed E-state index contributed by atoms with van der Waals surface area (Å²) in [7, 11) is -3.71. The van der Waals surface area contributed by atoms with Crippen LogP contribution in [0.4, 0.5) is 10.8 Å². The van der Waals surface area contributed by atoms with Crippen molar-refractivity contribution >= 4 is 61.4 Å². The third-order valence-electron chi connectivity index (χ3n) is 3.30. The number of sulfonamides is 1. The molecule has 0 aliphatic carbocycles.